The number of piperazine rings is 1. The lowest BCUT2D eigenvalue weighted by Crippen LogP contribution is -2.53. The van der Waals surface area contributed by atoms with Gasteiger partial charge in [0.05, 0.1) is 6.04 Å². The standard InChI is InChI=1S/C22H33N3O5/c1-15(23-19(27)29-21(2,3)4)16-8-10-17(11-9-16)25-13-12-24(14-18(25)26)20(28)30-22(5,6)7/h8-11,15H,12-14H2,1-7H3,(H,23,27). The summed E-state index contributed by atoms with van der Waals surface area (Å²) in [6.45, 7) is 13.5. The summed E-state index contributed by atoms with van der Waals surface area (Å²) in [6.07, 6.45) is -0.958. The normalized spacial score (nSPS) is 16.2. The highest BCUT2D eigenvalue weighted by Gasteiger charge is 2.31. The van der Waals surface area contributed by atoms with Crippen molar-refractivity contribution in [3.63, 3.8) is 0 Å². The summed E-state index contributed by atoms with van der Waals surface area (Å²) in [5, 5.41) is 2.80. The highest BCUT2D eigenvalue weighted by molar-refractivity contribution is 5.97. The number of carbonyl (C=O) groups excluding carboxylic acids is 3. The lowest BCUT2D eigenvalue weighted by Gasteiger charge is -2.35. The predicted molar refractivity (Wildman–Crippen MR) is 114 cm³/mol. The Balaban J connectivity index is 1.96. The van der Waals surface area contributed by atoms with Crippen LogP contribution >= 0.6 is 0 Å². The Morgan fingerprint density at radius 2 is 1.53 bits per heavy atom. The van der Waals surface area contributed by atoms with Gasteiger partial charge in [-0.05, 0) is 66.2 Å². The molecule has 1 aliphatic rings. The maximum absolute atomic E-state index is 12.6. The summed E-state index contributed by atoms with van der Waals surface area (Å²) < 4.78 is 10.6. The first-order chi connectivity index (χ1) is 13.7. The average molecular weight is 420 g/mol. The first-order valence-corrected chi connectivity index (χ1v) is 10.1. The molecule has 1 aromatic carbocycles. The monoisotopic (exact) mass is 419 g/mol. The molecule has 2 rings (SSSR count). The van der Waals surface area contributed by atoms with E-state index < -0.39 is 23.4 Å². The van der Waals surface area contributed by atoms with Crippen LogP contribution in [0.4, 0.5) is 15.3 Å². The van der Waals surface area contributed by atoms with E-state index in [0.717, 1.165) is 11.3 Å². The number of alkyl carbamates (subject to hydrolysis) is 1. The third kappa shape index (κ3) is 6.93. The first-order valence-electron chi connectivity index (χ1n) is 10.1. The summed E-state index contributed by atoms with van der Waals surface area (Å²) >= 11 is 0. The van der Waals surface area contributed by atoms with Crippen LogP contribution in [0.15, 0.2) is 24.3 Å². The van der Waals surface area contributed by atoms with Gasteiger partial charge in [-0.2, -0.15) is 0 Å². The van der Waals surface area contributed by atoms with Gasteiger partial charge in [-0.1, -0.05) is 12.1 Å². The Bertz CT molecular complexity index is 777. The first kappa shape index (κ1) is 23.5. The van der Waals surface area contributed by atoms with E-state index >= 15 is 0 Å². The Labute approximate surface area is 178 Å². The summed E-state index contributed by atoms with van der Waals surface area (Å²) in [5.41, 5.74) is 0.480. The maximum atomic E-state index is 12.6. The van der Waals surface area contributed by atoms with Crippen LogP contribution in [0.2, 0.25) is 0 Å². The van der Waals surface area contributed by atoms with E-state index in [2.05, 4.69) is 5.32 Å². The van der Waals surface area contributed by atoms with E-state index in [0.29, 0.717) is 13.1 Å². The van der Waals surface area contributed by atoms with Crippen LogP contribution in [0.25, 0.3) is 0 Å². The van der Waals surface area contributed by atoms with Crippen LogP contribution in [0.1, 0.15) is 60.1 Å². The maximum Gasteiger partial charge on any atom is 0.410 e. The second kappa shape index (κ2) is 8.93. The zero-order valence-corrected chi connectivity index (χ0v) is 18.9. The van der Waals surface area contributed by atoms with Crippen molar-refractivity contribution >= 4 is 23.8 Å². The molecule has 1 aromatic rings. The van der Waals surface area contributed by atoms with Crippen molar-refractivity contribution in [3.05, 3.63) is 29.8 Å². The van der Waals surface area contributed by atoms with Gasteiger partial charge in [0.25, 0.3) is 0 Å². The molecular formula is C22H33N3O5. The van der Waals surface area contributed by atoms with Gasteiger partial charge in [0.2, 0.25) is 5.91 Å². The second-order valence-corrected chi connectivity index (χ2v) is 9.41. The fraction of sp³-hybridized carbons (Fsp3) is 0.591. The van der Waals surface area contributed by atoms with Crippen molar-refractivity contribution < 1.29 is 23.9 Å². The van der Waals surface area contributed by atoms with Crippen LogP contribution in [0.3, 0.4) is 0 Å². The summed E-state index contributed by atoms with van der Waals surface area (Å²) in [6, 6.07) is 7.16. The SMILES string of the molecule is CC(NC(=O)OC(C)(C)C)c1ccc(N2CCN(C(=O)OC(C)(C)C)CC2=O)cc1. The zero-order valence-electron chi connectivity index (χ0n) is 18.9. The molecule has 0 radical (unpaired) electrons. The fourth-order valence-electron chi connectivity index (χ4n) is 2.94. The number of benzene rings is 1. The third-order valence-corrected chi connectivity index (χ3v) is 4.31. The third-order valence-electron chi connectivity index (χ3n) is 4.31. The Hall–Kier alpha value is -2.77. The van der Waals surface area contributed by atoms with Crippen molar-refractivity contribution in [1.82, 2.24) is 10.2 Å². The Kier molecular flexibility index (Phi) is 7.00. The topological polar surface area (TPSA) is 88.2 Å². The number of rotatable bonds is 3. The van der Waals surface area contributed by atoms with Crippen LogP contribution in [-0.2, 0) is 14.3 Å². The minimum Gasteiger partial charge on any atom is -0.444 e. The van der Waals surface area contributed by atoms with E-state index in [9.17, 15) is 14.4 Å². The van der Waals surface area contributed by atoms with Gasteiger partial charge < -0.3 is 19.7 Å². The van der Waals surface area contributed by atoms with Gasteiger partial charge in [-0.15, -0.1) is 0 Å². The van der Waals surface area contributed by atoms with Crippen LogP contribution < -0.4 is 10.2 Å². The van der Waals surface area contributed by atoms with E-state index in [4.69, 9.17) is 9.47 Å². The lowest BCUT2D eigenvalue weighted by atomic mass is 10.1. The van der Waals surface area contributed by atoms with Gasteiger partial charge >= 0.3 is 12.2 Å². The molecule has 1 N–H and O–H groups in total. The van der Waals surface area contributed by atoms with E-state index in [1.54, 1.807) is 25.7 Å². The average Bonchev–Trinajstić information content (AvgIpc) is 2.58. The molecule has 1 heterocycles. The highest BCUT2D eigenvalue weighted by Crippen LogP contribution is 2.22. The number of carbonyl (C=O) groups is 3. The molecule has 0 bridgehead atoms. The number of ether oxygens (including phenoxy) is 2. The van der Waals surface area contributed by atoms with E-state index in [1.165, 1.54) is 4.90 Å². The highest BCUT2D eigenvalue weighted by atomic mass is 16.6. The molecule has 30 heavy (non-hydrogen) atoms. The number of anilines is 1. The second-order valence-electron chi connectivity index (χ2n) is 9.41. The number of amides is 3. The molecule has 166 valence electrons. The van der Waals surface area contributed by atoms with Crippen molar-refractivity contribution in [2.24, 2.45) is 0 Å². The van der Waals surface area contributed by atoms with Crippen molar-refractivity contribution in [3.8, 4) is 0 Å². The number of hydrogen-bond acceptors (Lipinski definition) is 5. The molecule has 1 atom stereocenters. The minimum absolute atomic E-state index is 0.0206. The predicted octanol–water partition coefficient (Wildman–Crippen LogP) is 3.86. The van der Waals surface area contributed by atoms with Crippen molar-refractivity contribution in [2.45, 2.75) is 65.7 Å². The molecule has 8 heteroatoms. The minimum atomic E-state index is -0.600. The van der Waals surface area contributed by atoms with E-state index in [1.807, 2.05) is 52.0 Å². The summed E-state index contributed by atoms with van der Waals surface area (Å²) in [7, 11) is 0. The fourth-order valence-corrected chi connectivity index (χ4v) is 2.94. The van der Waals surface area contributed by atoms with Crippen LogP contribution in [0.5, 0.6) is 0 Å². The quantitative estimate of drug-likeness (QED) is 0.804. The van der Waals surface area contributed by atoms with Gasteiger partial charge in [0.1, 0.15) is 17.7 Å². The number of nitrogens with one attached hydrogen (secondary N) is 1. The zero-order chi connectivity index (χ0) is 22.7. The summed E-state index contributed by atoms with van der Waals surface area (Å²) in [4.78, 5) is 39.8. The number of nitrogens with zero attached hydrogens (tertiary/aromatic N) is 2. The molecule has 1 fully saturated rings. The Morgan fingerprint density at radius 3 is 2.03 bits per heavy atom. The molecule has 1 unspecified atom stereocenters. The van der Waals surface area contributed by atoms with Crippen molar-refractivity contribution in [1.29, 1.82) is 0 Å². The Morgan fingerprint density at radius 1 is 0.967 bits per heavy atom. The molecule has 0 spiro atoms. The molecule has 0 saturated carbocycles. The number of hydrogen-bond donors (Lipinski definition) is 1. The molecule has 1 saturated heterocycles. The largest absolute Gasteiger partial charge is 0.444 e. The van der Waals surface area contributed by atoms with Crippen molar-refractivity contribution in [2.75, 3.05) is 24.5 Å². The smallest absolute Gasteiger partial charge is 0.410 e. The summed E-state index contributed by atoms with van der Waals surface area (Å²) in [5.74, 6) is -0.167. The molecule has 3 amide bonds. The van der Waals surface area contributed by atoms with Crippen LogP contribution in [0, 0.1) is 0 Å². The molecule has 8 nitrogen and oxygen atoms in total. The molecule has 0 aliphatic carbocycles. The van der Waals surface area contributed by atoms with Gasteiger partial charge in [0.15, 0.2) is 0 Å². The van der Waals surface area contributed by atoms with E-state index in [-0.39, 0.29) is 18.5 Å². The molecule has 1 aliphatic heterocycles. The molecule has 0 aromatic heterocycles. The van der Waals surface area contributed by atoms with Crippen LogP contribution in [-0.4, -0.2) is 53.8 Å². The van der Waals surface area contributed by atoms with Gasteiger partial charge in [0, 0.05) is 18.8 Å². The van der Waals surface area contributed by atoms with Gasteiger partial charge in [-0.3, -0.25) is 9.69 Å². The molecular weight excluding hydrogens is 386 g/mol. The lowest BCUT2D eigenvalue weighted by molar-refractivity contribution is -0.121. The van der Waals surface area contributed by atoms with Gasteiger partial charge in [-0.25, -0.2) is 9.59 Å².